The summed E-state index contributed by atoms with van der Waals surface area (Å²) in [4.78, 5) is 29.5. The van der Waals surface area contributed by atoms with Gasteiger partial charge < -0.3 is 20.3 Å². The van der Waals surface area contributed by atoms with Gasteiger partial charge in [0, 0.05) is 18.0 Å². The van der Waals surface area contributed by atoms with E-state index in [0.717, 1.165) is 31.5 Å². The fourth-order valence-corrected chi connectivity index (χ4v) is 4.11. The predicted octanol–water partition coefficient (Wildman–Crippen LogP) is 2.42. The van der Waals surface area contributed by atoms with Crippen molar-refractivity contribution in [3.63, 3.8) is 0 Å². The molecule has 0 bridgehead atoms. The fraction of sp³-hybridized carbons (Fsp3) is 0.789. The molecule has 0 aromatic carbocycles. The Bertz CT molecular complexity index is 667. The van der Waals surface area contributed by atoms with E-state index in [1.165, 1.54) is 19.3 Å². The minimum Gasteiger partial charge on any atom is -0.480 e. The van der Waals surface area contributed by atoms with Crippen LogP contribution in [-0.2, 0) is 4.79 Å². The second kappa shape index (κ2) is 9.36. The van der Waals surface area contributed by atoms with Crippen molar-refractivity contribution >= 4 is 12.0 Å². The van der Waals surface area contributed by atoms with Crippen molar-refractivity contribution < 1.29 is 19.2 Å². The first-order valence-electron chi connectivity index (χ1n) is 10.3. The Balaban J connectivity index is 1.42. The van der Waals surface area contributed by atoms with Crippen LogP contribution in [0.5, 0.6) is 0 Å². The highest BCUT2D eigenvalue weighted by Gasteiger charge is 2.35. The average Bonchev–Trinajstić information content (AvgIpc) is 3.13. The van der Waals surface area contributed by atoms with Gasteiger partial charge in [-0.3, -0.25) is 9.69 Å². The SMILES string of the molecule is CCN(CC(=O)O)C1CC(NC(=O)NC(C)c2nc(C3CCCCC3)no2)C1. The van der Waals surface area contributed by atoms with Crippen LogP contribution in [0.3, 0.4) is 0 Å². The Morgan fingerprint density at radius 3 is 2.64 bits per heavy atom. The normalized spacial score (nSPS) is 23.8. The number of carbonyl (C=O) groups is 2. The molecule has 2 amide bonds. The van der Waals surface area contributed by atoms with Gasteiger partial charge in [-0.15, -0.1) is 0 Å². The van der Waals surface area contributed by atoms with Crippen LogP contribution in [0.25, 0.3) is 0 Å². The van der Waals surface area contributed by atoms with E-state index in [9.17, 15) is 9.59 Å². The van der Waals surface area contributed by atoms with Crippen LogP contribution in [0.1, 0.15) is 82.5 Å². The van der Waals surface area contributed by atoms with Gasteiger partial charge in [0.1, 0.15) is 6.04 Å². The van der Waals surface area contributed by atoms with Crippen LogP contribution in [0.2, 0.25) is 0 Å². The van der Waals surface area contributed by atoms with Gasteiger partial charge in [0.25, 0.3) is 0 Å². The van der Waals surface area contributed by atoms with Crippen molar-refractivity contribution in [2.75, 3.05) is 13.1 Å². The molecular weight excluding hydrogens is 362 g/mol. The number of aromatic nitrogens is 2. The lowest BCUT2D eigenvalue weighted by Gasteiger charge is -2.42. The fourth-order valence-electron chi connectivity index (χ4n) is 4.11. The molecule has 3 rings (SSSR count). The maximum absolute atomic E-state index is 12.2. The van der Waals surface area contributed by atoms with Crippen LogP contribution in [0, 0.1) is 0 Å². The summed E-state index contributed by atoms with van der Waals surface area (Å²) in [5, 5.41) is 18.8. The molecule has 0 radical (unpaired) electrons. The minimum atomic E-state index is -0.822. The summed E-state index contributed by atoms with van der Waals surface area (Å²) in [5.41, 5.74) is 0. The number of nitrogens with one attached hydrogen (secondary N) is 2. The number of carboxylic acid groups (broad SMARTS) is 1. The van der Waals surface area contributed by atoms with E-state index in [1.54, 1.807) is 0 Å². The number of hydrogen-bond acceptors (Lipinski definition) is 6. The Hall–Kier alpha value is -2.16. The average molecular weight is 393 g/mol. The standard InChI is InChI=1S/C19H31N5O4/c1-3-24(11-16(25)26)15-9-14(10-15)21-19(27)20-12(2)18-22-17(23-28-18)13-7-5-4-6-8-13/h12-15H,3-11H2,1-2H3,(H,25,26)(H2,20,21,27). The molecule has 9 heteroatoms. The number of carboxylic acids is 1. The lowest BCUT2D eigenvalue weighted by atomic mass is 9.85. The van der Waals surface area contributed by atoms with Gasteiger partial charge in [-0.2, -0.15) is 4.98 Å². The maximum atomic E-state index is 12.2. The van der Waals surface area contributed by atoms with Crippen molar-refractivity contribution in [3.8, 4) is 0 Å². The Labute approximate surface area is 165 Å². The van der Waals surface area contributed by atoms with Crippen molar-refractivity contribution in [2.24, 2.45) is 0 Å². The Morgan fingerprint density at radius 1 is 1.29 bits per heavy atom. The second-order valence-electron chi connectivity index (χ2n) is 7.94. The molecule has 1 aromatic rings. The lowest BCUT2D eigenvalue weighted by Crippen LogP contribution is -2.56. The second-order valence-corrected chi connectivity index (χ2v) is 7.94. The highest BCUT2D eigenvalue weighted by atomic mass is 16.5. The number of aliphatic carboxylic acids is 1. The van der Waals surface area contributed by atoms with E-state index in [2.05, 4.69) is 20.8 Å². The first kappa shape index (κ1) is 20.6. The zero-order chi connectivity index (χ0) is 20.1. The molecule has 28 heavy (non-hydrogen) atoms. The molecule has 0 spiro atoms. The molecule has 2 saturated carbocycles. The molecule has 0 aliphatic heterocycles. The van der Waals surface area contributed by atoms with Crippen LogP contribution >= 0.6 is 0 Å². The molecule has 2 aliphatic rings. The lowest BCUT2D eigenvalue weighted by molar-refractivity contribution is -0.139. The molecule has 0 saturated heterocycles. The summed E-state index contributed by atoms with van der Waals surface area (Å²) in [6.07, 6.45) is 7.39. The highest BCUT2D eigenvalue weighted by molar-refractivity contribution is 5.74. The summed E-state index contributed by atoms with van der Waals surface area (Å²) < 4.78 is 5.36. The van der Waals surface area contributed by atoms with E-state index in [1.807, 2.05) is 18.7 Å². The molecule has 2 fully saturated rings. The third-order valence-corrected chi connectivity index (χ3v) is 5.86. The Morgan fingerprint density at radius 2 is 2.00 bits per heavy atom. The van der Waals surface area contributed by atoms with Crippen molar-refractivity contribution in [3.05, 3.63) is 11.7 Å². The quantitative estimate of drug-likeness (QED) is 0.620. The number of carbonyl (C=O) groups excluding carboxylic acids is 1. The van der Waals surface area contributed by atoms with Crippen LogP contribution < -0.4 is 10.6 Å². The third kappa shape index (κ3) is 5.21. The van der Waals surface area contributed by atoms with E-state index < -0.39 is 5.97 Å². The van der Waals surface area contributed by atoms with Gasteiger partial charge >= 0.3 is 12.0 Å². The van der Waals surface area contributed by atoms with Crippen molar-refractivity contribution in [2.45, 2.75) is 82.8 Å². The van der Waals surface area contributed by atoms with E-state index in [-0.39, 0.29) is 30.7 Å². The molecule has 3 N–H and O–H groups in total. The molecule has 1 heterocycles. The molecule has 1 atom stereocenters. The zero-order valence-electron chi connectivity index (χ0n) is 16.7. The molecule has 156 valence electrons. The van der Waals surface area contributed by atoms with E-state index in [4.69, 9.17) is 9.63 Å². The molecule has 9 nitrogen and oxygen atoms in total. The highest BCUT2D eigenvalue weighted by Crippen LogP contribution is 2.31. The number of rotatable bonds is 8. The topological polar surface area (TPSA) is 121 Å². The van der Waals surface area contributed by atoms with Crippen molar-refractivity contribution in [1.82, 2.24) is 25.7 Å². The van der Waals surface area contributed by atoms with Gasteiger partial charge in [0.15, 0.2) is 5.82 Å². The minimum absolute atomic E-state index is 0.0393. The summed E-state index contributed by atoms with van der Waals surface area (Å²) in [7, 11) is 0. The number of nitrogens with zero attached hydrogens (tertiary/aromatic N) is 3. The van der Waals surface area contributed by atoms with Crippen molar-refractivity contribution in [1.29, 1.82) is 0 Å². The summed E-state index contributed by atoms with van der Waals surface area (Å²) in [6.45, 7) is 4.50. The number of amides is 2. The van der Waals surface area contributed by atoms with Gasteiger partial charge in [0.2, 0.25) is 5.89 Å². The largest absolute Gasteiger partial charge is 0.480 e. The van der Waals surface area contributed by atoms with Crippen LogP contribution in [0.4, 0.5) is 4.79 Å². The summed E-state index contributed by atoms with van der Waals surface area (Å²) >= 11 is 0. The van der Waals surface area contributed by atoms with Crippen LogP contribution in [0.15, 0.2) is 4.52 Å². The Kier molecular flexibility index (Phi) is 6.88. The van der Waals surface area contributed by atoms with Crippen LogP contribution in [-0.4, -0.2) is 57.3 Å². The zero-order valence-corrected chi connectivity index (χ0v) is 16.7. The van der Waals surface area contributed by atoms with Gasteiger partial charge in [-0.25, -0.2) is 4.79 Å². The first-order valence-corrected chi connectivity index (χ1v) is 10.3. The monoisotopic (exact) mass is 393 g/mol. The number of urea groups is 1. The summed E-state index contributed by atoms with van der Waals surface area (Å²) in [6, 6.07) is -0.368. The van der Waals surface area contributed by atoms with Gasteiger partial charge in [-0.05, 0) is 39.2 Å². The summed E-state index contributed by atoms with van der Waals surface area (Å²) in [5.74, 6) is 0.730. The number of likely N-dealkylation sites (N-methyl/N-ethyl adjacent to an activating group) is 1. The smallest absolute Gasteiger partial charge is 0.317 e. The number of hydrogen-bond donors (Lipinski definition) is 3. The maximum Gasteiger partial charge on any atom is 0.317 e. The van der Waals surface area contributed by atoms with E-state index >= 15 is 0 Å². The molecule has 1 unspecified atom stereocenters. The van der Waals surface area contributed by atoms with E-state index in [0.29, 0.717) is 18.4 Å². The third-order valence-electron chi connectivity index (χ3n) is 5.86. The van der Waals surface area contributed by atoms with Gasteiger partial charge in [-0.1, -0.05) is 31.3 Å². The van der Waals surface area contributed by atoms with Gasteiger partial charge in [0.05, 0.1) is 6.54 Å². The predicted molar refractivity (Wildman–Crippen MR) is 102 cm³/mol. The first-order chi connectivity index (χ1) is 13.5. The molecular formula is C19H31N5O4. The molecule has 2 aliphatic carbocycles. The molecule has 1 aromatic heterocycles.